The molecule has 0 radical (unpaired) electrons. The number of carbonyl (C=O) groups excluding carboxylic acids is 1. The zero-order chi connectivity index (χ0) is 18.9. The average molecular weight is 359 g/mol. The monoisotopic (exact) mass is 359 g/mol. The van der Waals surface area contributed by atoms with E-state index in [0.717, 1.165) is 28.6 Å². The molecule has 0 aliphatic rings. The van der Waals surface area contributed by atoms with Crippen LogP contribution in [0.25, 0.3) is 10.8 Å². The molecule has 7 heteroatoms. The van der Waals surface area contributed by atoms with E-state index in [-0.39, 0.29) is 6.54 Å². The maximum atomic E-state index is 12.7. The van der Waals surface area contributed by atoms with E-state index >= 15 is 0 Å². The third kappa shape index (κ3) is 3.61. The van der Waals surface area contributed by atoms with Gasteiger partial charge in [-0.3, -0.25) is 9.88 Å². The third-order valence-corrected chi connectivity index (χ3v) is 4.06. The number of nitrogens with zero attached hydrogens (tertiary/aromatic N) is 2. The Morgan fingerprint density at radius 2 is 1.85 bits per heavy atom. The van der Waals surface area contributed by atoms with Gasteiger partial charge in [0, 0.05) is 22.7 Å². The van der Waals surface area contributed by atoms with Gasteiger partial charge in [-0.1, -0.05) is 24.3 Å². The fourth-order valence-electron chi connectivity index (χ4n) is 2.76. The Hall–Kier alpha value is -3.09. The largest absolute Gasteiger partial charge is 0.416 e. The summed E-state index contributed by atoms with van der Waals surface area (Å²) in [5.74, 6) is 0. The van der Waals surface area contributed by atoms with Crippen molar-refractivity contribution in [1.82, 2.24) is 4.98 Å². The van der Waals surface area contributed by atoms with Gasteiger partial charge in [0.05, 0.1) is 17.8 Å². The van der Waals surface area contributed by atoms with Crippen LogP contribution in [0.4, 0.5) is 23.7 Å². The summed E-state index contributed by atoms with van der Waals surface area (Å²) in [5.41, 5.74) is 6.71. The highest BCUT2D eigenvalue weighted by Crippen LogP contribution is 2.31. The van der Waals surface area contributed by atoms with Crippen molar-refractivity contribution in [3.05, 3.63) is 71.5 Å². The van der Waals surface area contributed by atoms with Gasteiger partial charge in [-0.2, -0.15) is 13.2 Å². The summed E-state index contributed by atoms with van der Waals surface area (Å²) in [6.45, 7) is 1.90. The average Bonchev–Trinajstić information content (AvgIpc) is 2.58. The van der Waals surface area contributed by atoms with Gasteiger partial charge < -0.3 is 5.73 Å². The second kappa shape index (κ2) is 6.67. The molecule has 1 aromatic heterocycles. The number of hydrogen-bond donors (Lipinski definition) is 1. The Morgan fingerprint density at radius 1 is 1.15 bits per heavy atom. The van der Waals surface area contributed by atoms with Gasteiger partial charge in [-0.05, 0) is 36.8 Å². The molecule has 2 aromatic carbocycles. The molecular formula is C19H16F3N3O. The summed E-state index contributed by atoms with van der Waals surface area (Å²) in [6, 6.07) is 11.2. The molecule has 0 atom stereocenters. The number of benzene rings is 2. The van der Waals surface area contributed by atoms with E-state index in [1.165, 1.54) is 17.0 Å². The van der Waals surface area contributed by atoms with Gasteiger partial charge in [0.1, 0.15) is 0 Å². The van der Waals surface area contributed by atoms with Crippen LogP contribution in [0.1, 0.15) is 16.8 Å². The first-order chi connectivity index (χ1) is 12.3. The van der Waals surface area contributed by atoms with Crippen LogP contribution in [0.3, 0.4) is 0 Å². The zero-order valence-electron chi connectivity index (χ0n) is 13.9. The minimum atomic E-state index is -4.40. The summed E-state index contributed by atoms with van der Waals surface area (Å²) in [6.07, 6.45) is -2.70. The van der Waals surface area contributed by atoms with Crippen molar-refractivity contribution in [2.24, 2.45) is 5.73 Å². The number of aryl methyl sites for hydroxylation is 1. The summed E-state index contributed by atoms with van der Waals surface area (Å²) in [5, 5.41) is 1.64. The second-order valence-corrected chi connectivity index (χ2v) is 5.94. The van der Waals surface area contributed by atoms with Crippen LogP contribution in [0.15, 0.2) is 54.7 Å². The molecule has 1 heterocycles. The first kappa shape index (κ1) is 17.7. The van der Waals surface area contributed by atoms with Crippen LogP contribution in [-0.4, -0.2) is 11.0 Å². The number of nitrogens with two attached hydrogens (primary N) is 1. The summed E-state index contributed by atoms with van der Waals surface area (Å²) in [7, 11) is 0. The van der Waals surface area contributed by atoms with Crippen LogP contribution in [0.5, 0.6) is 0 Å². The predicted molar refractivity (Wildman–Crippen MR) is 93.7 cm³/mol. The highest BCUT2D eigenvalue weighted by molar-refractivity contribution is 6.02. The van der Waals surface area contributed by atoms with E-state index in [1.54, 1.807) is 18.3 Å². The van der Waals surface area contributed by atoms with Crippen LogP contribution < -0.4 is 10.6 Å². The van der Waals surface area contributed by atoms with Crippen LogP contribution in [0, 0.1) is 6.92 Å². The van der Waals surface area contributed by atoms with Gasteiger partial charge in [0.25, 0.3) is 0 Å². The van der Waals surface area contributed by atoms with E-state index in [1.807, 2.05) is 19.1 Å². The minimum absolute atomic E-state index is 0.0634. The molecular weight excluding hydrogens is 343 g/mol. The first-order valence-corrected chi connectivity index (χ1v) is 7.84. The van der Waals surface area contributed by atoms with Gasteiger partial charge in [0.15, 0.2) is 0 Å². The molecule has 26 heavy (non-hydrogen) atoms. The molecule has 2 amide bonds. The number of amides is 2. The lowest BCUT2D eigenvalue weighted by molar-refractivity contribution is -0.137. The number of rotatable bonds is 3. The number of halogens is 3. The number of pyridine rings is 1. The molecule has 4 nitrogen and oxygen atoms in total. The maximum absolute atomic E-state index is 12.7. The number of hydrogen-bond acceptors (Lipinski definition) is 2. The van der Waals surface area contributed by atoms with Gasteiger partial charge in [-0.15, -0.1) is 0 Å². The SMILES string of the molecule is Cc1cc2c(N(Cc3ccc(C(F)(F)F)cc3)C(N)=O)cccc2cn1. The van der Waals surface area contributed by atoms with Crippen LogP contribution in [-0.2, 0) is 12.7 Å². The Labute approximate surface area is 148 Å². The predicted octanol–water partition coefficient (Wildman–Crippen LogP) is 4.65. The minimum Gasteiger partial charge on any atom is -0.351 e. The topological polar surface area (TPSA) is 59.2 Å². The van der Waals surface area contributed by atoms with E-state index < -0.39 is 17.8 Å². The van der Waals surface area contributed by atoms with Crippen molar-refractivity contribution in [2.45, 2.75) is 19.6 Å². The molecule has 0 aliphatic carbocycles. The molecule has 0 fully saturated rings. The van der Waals surface area contributed by atoms with Crippen molar-refractivity contribution in [2.75, 3.05) is 4.90 Å². The number of primary amides is 1. The third-order valence-electron chi connectivity index (χ3n) is 4.06. The zero-order valence-corrected chi connectivity index (χ0v) is 13.9. The summed E-state index contributed by atoms with van der Waals surface area (Å²) >= 11 is 0. The number of alkyl halides is 3. The molecule has 0 saturated carbocycles. The number of aromatic nitrogens is 1. The molecule has 0 spiro atoms. The number of carbonyl (C=O) groups is 1. The first-order valence-electron chi connectivity index (χ1n) is 7.84. The van der Waals surface area contributed by atoms with Crippen molar-refractivity contribution >= 4 is 22.5 Å². The lowest BCUT2D eigenvalue weighted by atomic mass is 10.1. The van der Waals surface area contributed by atoms with Gasteiger partial charge in [0.2, 0.25) is 0 Å². The molecule has 0 unspecified atom stereocenters. The maximum Gasteiger partial charge on any atom is 0.416 e. The molecule has 3 rings (SSSR count). The van der Waals surface area contributed by atoms with Crippen molar-refractivity contribution in [3.63, 3.8) is 0 Å². The molecule has 3 aromatic rings. The normalized spacial score (nSPS) is 11.5. The Balaban J connectivity index is 1.98. The lowest BCUT2D eigenvalue weighted by Gasteiger charge is -2.22. The van der Waals surface area contributed by atoms with Gasteiger partial charge >= 0.3 is 12.2 Å². The van der Waals surface area contributed by atoms with E-state index in [4.69, 9.17) is 5.73 Å². The van der Waals surface area contributed by atoms with E-state index in [0.29, 0.717) is 11.3 Å². The Kier molecular flexibility index (Phi) is 4.54. The fourth-order valence-corrected chi connectivity index (χ4v) is 2.76. The Bertz CT molecular complexity index is 952. The second-order valence-electron chi connectivity index (χ2n) is 5.94. The molecule has 0 aliphatic heterocycles. The van der Waals surface area contributed by atoms with E-state index in [2.05, 4.69) is 4.98 Å². The fraction of sp³-hybridized carbons (Fsp3) is 0.158. The standard InChI is InChI=1S/C19H16F3N3O/c1-12-9-16-14(10-24-12)3-2-4-17(16)25(18(23)26)11-13-5-7-15(8-6-13)19(20,21)22/h2-10H,11H2,1H3,(H2,23,26). The summed E-state index contributed by atoms with van der Waals surface area (Å²) in [4.78, 5) is 17.6. The van der Waals surface area contributed by atoms with Gasteiger partial charge in [-0.25, -0.2) is 4.79 Å². The Morgan fingerprint density at radius 3 is 2.46 bits per heavy atom. The molecule has 0 bridgehead atoms. The molecule has 2 N–H and O–H groups in total. The number of urea groups is 1. The van der Waals surface area contributed by atoms with Crippen molar-refractivity contribution < 1.29 is 18.0 Å². The highest BCUT2D eigenvalue weighted by atomic mass is 19.4. The molecule has 134 valence electrons. The van der Waals surface area contributed by atoms with Crippen molar-refractivity contribution in [3.8, 4) is 0 Å². The number of anilines is 1. The van der Waals surface area contributed by atoms with Crippen molar-refractivity contribution in [1.29, 1.82) is 0 Å². The highest BCUT2D eigenvalue weighted by Gasteiger charge is 2.30. The lowest BCUT2D eigenvalue weighted by Crippen LogP contribution is -2.35. The molecule has 0 saturated heterocycles. The van der Waals surface area contributed by atoms with Crippen LogP contribution in [0.2, 0.25) is 0 Å². The summed E-state index contributed by atoms with van der Waals surface area (Å²) < 4.78 is 38.1. The quantitative estimate of drug-likeness (QED) is 0.740. The smallest absolute Gasteiger partial charge is 0.351 e. The van der Waals surface area contributed by atoms with E-state index in [9.17, 15) is 18.0 Å². The number of fused-ring (bicyclic) bond motifs is 1. The van der Waals surface area contributed by atoms with Crippen LogP contribution >= 0.6 is 0 Å².